The molecule has 0 aliphatic carbocycles. The third-order valence-corrected chi connectivity index (χ3v) is 5.52. The summed E-state index contributed by atoms with van der Waals surface area (Å²) >= 11 is 0. The summed E-state index contributed by atoms with van der Waals surface area (Å²) in [6.07, 6.45) is 0. The Balaban J connectivity index is 1.87. The van der Waals surface area contributed by atoms with Gasteiger partial charge in [-0.2, -0.15) is 4.57 Å². The highest BCUT2D eigenvalue weighted by molar-refractivity contribution is 6.03. The molecule has 0 saturated heterocycles. The first-order chi connectivity index (χ1) is 12.7. The van der Waals surface area contributed by atoms with Crippen LogP contribution in [0.4, 0.5) is 0 Å². The van der Waals surface area contributed by atoms with Crippen molar-refractivity contribution in [3.63, 3.8) is 0 Å². The molecule has 0 bridgehead atoms. The van der Waals surface area contributed by atoms with E-state index >= 15 is 0 Å². The van der Waals surface area contributed by atoms with E-state index in [4.69, 9.17) is 0 Å². The van der Waals surface area contributed by atoms with Crippen molar-refractivity contribution in [3.8, 4) is 11.3 Å². The summed E-state index contributed by atoms with van der Waals surface area (Å²) in [5.41, 5.74) is 5.16. The third kappa shape index (κ3) is 2.14. The van der Waals surface area contributed by atoms with Crippen molar-refractivity contribution in [1.29, 1.82) is 0 Å². The number of aryl methyl sites for hydroxylation is 2. The zero-order valence-electron chi connectivity index (χ0n) is 15.0. The van der Waals surface area contributed by atoms with Gasteiger partial charge in [0.25, 0.3) is 0 Å². The molecule has 1 aromatic heterocycles. The lowest BCUT2D eigenvalue weighted by molar-refractivity contribution is -0.632. The summed E-state index contributed by atoms with van der Waals surface area (Å²) in [4.78, 5) is 0. The van der Waals surface area contributed by atoms with Gasteiger partial charge < -0.3 is 0 Å². The molecule has 26 heavy (non-hydrogen) atoms. The number of nitrogens with zero attached hydrogens (tertiary/aromatic N) is 1. The van der Waals surface area contributed by atoms with E-state index in [1.165, 1.54) is 49.3 Å². The predicted molar refractivity (Wildman–Crippen MR) is 110 cm³/mol. The maximum absolute atomic E-state index is 2.34. The van der Waals surface area contributed by atoms with Crippen LogP contribution in [-0.4, -0.2) is 0 Å². The molecule has 0 fully saturated rings. The fourth-order valence-electron chi connectivity index (χ4n) is 4.16. The molecule has 124 valence electrons. The van der Waals surface area contributed by atoms with Crippen molar-refractivity contribution < 1.29 is 4.57 Å². The van der Waals surface area contributed by atoms with Gasteiger partial charge in [0.1, 0.15) is 7.05 Å². The van der Waals surface area contributed by atoms with Crippen LogP contribution in [0.1, 0.15) is 5.56 Å². The van der Waals surface area contributed by atoms with Crippen LogP contribution < -0.4 is 4.57 Å². The Bertz CT molecular complexity index is 1300. The molecule has 1 nitrogen and oxygen atoms in total. The van der Waals surface area contributed by atoms with Crippen LogP contribution in [0.2, 0.25) is 0 Å². The topological polar surface area (TPSA) is 3.88 Å². The largest absolute Gasteiger partial charge is 0.220 e. The Morgan fingerprint density at radius 3 is 1.96 bits per heavy atom. The molecule has 5 aromatic rings. The van der Waals surface area contributed by atoms with Crippen LogP contribution in [0.5, 0.6) is 0 Å². The average Bonchev–Trinajstić information content (AvgIpc) is 2.69. The van der Waals surface area contributed by atoms with Gasteiger partial charge >= 0.3 is 0 Å². The summed E-state index contributed by atoms with van der Waals surface area (Å²) in [6.45, 7) is 2.23. The van der Waals surface area contributed by atoms with Gasteiger partial charge in [0.05, 0.1) is 5.39 Å². The molecule has 0 atom stereocenters. The molecular weight excluding hydrogens is 314 g/mol. The van der Waals surface area contributed by atoms with E-state index in [2.05, 4.69) is 103 Å². The van der Waals surface area contributed by atoms with Crippen molar-refractivity contribution in [3.05, 3.63) is 90.5 Å². The van der Waals surface area contributed by atoms with Gasteiger partial charge in [-0.1, -0.05) is 54.6 Å². The second-order valence-electron chi connectivity index (χ2n) is 6.96. The van der Waals surface area contributed by atoms with Crippen molar-refractivity contribution >= 4 is 32.4 Å². The minimum Gasteiger partial charge on any atom is -0.194 e. The van der Waals surface area contributed by atoms with Crippen LogP contribution in [0, 0.1) is 6.92 Å². The first-order valence-corrected chi connectivity index (χ1v) is 9.03. The minimum atomic E-state index is 1.25. The lowest BCUT2D eigenvalue weighted by atomic mass is 9.96. The predicted octanol–water partition coefficient (Wildman–Crippen LogP) is 5.95. The molecule has 0 radical (unpaired) electrons. The van der Waals surface area contributed by atoms with Crippen LogP contribution in [0.3, 0.4) is 0 Å². The minimum absolute atomic E-state index is 1.25. The Kier molecular flexibility index (Phi) is 3.29. The number of pyridine rings is 1. The summed E-state index contributed by atoms with van der Waals surface area (Å²) in [5.74, 6) is 0. The van der Waals surface area contributed by atoms with E-state index in [1.807, 2.05) is 0 Å². The van der Waals surface area contributed by atoms with E-state index in [0.29, 0.717) is 0 Å². The normalized spacial score (nSPS) is 11.5. The number of hydrogen-bond donors (Lipinski definition) is 0. The number of hydrogen-bond acceptors (Lipinski definition) is 0. The number of benzene rings is 4. The molecule has 4 aromatic carbocycles. The third-order valence-electron chi connectivity index (χ3n) is 5.52. The summed E-state index contributed by atoms with van der Waals surface area (Å²) in [5, 5.41) is 6.47. The quantitative estimate of drug-likeness (QED) is 0.263. The zero-order chi connectivity index (χ0) is 17.7. The van der Waals surface area contributed by atoms with Gasteiger partial charge in [0.15, 0.2) is 0 Å². The maximum Gasteiger partial charge on any atom is 0.220 e. The van der Waals surface area contributed by atoms with E-state index in [9.17, 15) is 0 Å². The van der Waals surface area contributed by atoms with Crippen molar-refractivity contribution in [2.45, 2.75) is 6.92 Å². The molecule has 0 N–H and O–H groups in total. The lowest BCUT2D eigenvalue weighted by Crippen LogP contribution is -2.32. The second kappa shape index (κ2) is 5.67. The lowest BCUT2D eigenvalue weighted by Gasteiger charge is -2.10. The van der Waals surface area contributed by atoms with Crippen molar-refractivity contribution in [1.82, 2.24) is 0 Å². The molecule has 1 heteroatoms. The first-order valence-electron chi connectivity index (χ1n) is 9.03. The van der Waals surface area contributed by atoms with Crippen LogP contribution in [0.25, 0.3) is 43.7 Å². The summed E-state index contributed by atoms with van der Waals surface area (Å²) < 4.78 is 2.34. The summed E-state index contributed by atoms with van der Waals surface area (Å²) in [7, 11) is 2.18. The molecule has 0 amide bonds. The standard InChI is InChI=1S/C25H20N/c1-17-21-9-5-3-7-18(21)13-15-22(17)24-16-14-20-12-11-19-8-4-6-10-23(19)25(20)26(24)2/h3-16H,1-2H3/q+1. The van der Waals surface area contributed by atoms with E-state index in [1.54, 1.807) is 0 Å². The smallest absolute Gasteiger partial charge is 0.194 e. The monoisotopic (exact) mass is 334 g/mol. The molecule has 5 rings (SSSR count). The first kappa shape index (κ1) is 15.1. The number of aromatic nitrogens is 1. The average molecular weight is 334 g/mol. The molecule has 0 aliphatic heterocycles. The van der Waals surface area contributed by atoms with Crippen LogP contribution in [-0.2, 0) is 7.05 Å². The van der Waals surface area contributed by atoms with Gasteiger partial charge in [-0.3, -0.25) is 0 Å². The number of rotatable bonds is 1. The van der Waals surface area contributed by atoms with Crippen LogP contribution in [0.15, 0.2) is 84.9 Å². The number of fused-ring (bicyclic) bond motifs is 4. The fourth-order valence-corrected chi connectivity index (χ4v) is 4.16. The zero-order valence-corrected chi connectivity index (χ0v) is 15.0. The Hall–Kier alpha value is -3.19. The Labute approximate surface area is 153 Å². The molecule has 0 spiro atoms. The van der Waals surface area contributed by atoms with Gasteiger partial charge in [-0.25, -0.2) is 0 Å². The summed E-state index contributed by atoms with van der Waals surface area (Å²) in [6, 6.07) is 30.6. The molecule has 1 heterocycles. The molecule has 0 saturated carbocycles. The Morgan fingerprint density at radius 1 is 0.577 bits per heavy atom. The van der Waals surface area contributed by atoms with Gasteiger partial charge in [0, 0.05) is 17.0 Å². The molecule has 0 unspecified atom stereocenters. The highest BCUT2D eigenvalue weighted by Crippen LogP contribution is 2.30. The highest BCUT2D eigenvalue weighted by atomic mass is 14.9. The second-order valence-corrected chi connectivity index (χ2v) is 6.96. The highest BCUT2D eigenvalue weighted by Gasteiger charge is 2.18. The molecule has 0 aliphatic rings. The van der Waals surface area contributed by atoms with Crippen LogP contribution >= 0.6 is 0 Å². The maximum atomic E-state index is 2.34. The van der Waals surface area contributed by atoms with Gasteiger partial charge in [-0.15, -0.1) is 0 Å². The Morgan fingerprint density at radius 2 is 1.15 bits per heavy atom. The molecular formula is C25H20N+. The van der Waals surface area contributed by atoms with Gasteiger partial charge in [0.2, 0.25) is 11.2 Å². The fraction of sp³-hybridized carbons (Fsp3) is 0.0800. The van der Waals surface area contributed by atoms with Crippen molar-refractivity contribution in [2.24, 2.45) is 7.05 Å². The van der Waals surface area contributed by atoms with E-state index in [-0.39, 0.29) is 0 Å². The SMILES string of the molecule is Cc1c(-c2ccc3ccc4ccccc4c3[n+]2C)ccc2ccccc12. The van der Waals surface area contributed by atoms with Gasteiger partial charge in [-0.05, 0) is 52.9 Å². The van der Waals surface area contributed by atoms with E-state index < -0.39 is 0 Å². The van der Waals surface area contributed by atoms with Crippen molar-refractivity contribution in [2.75, 3.05) is 0 Å². The van der Waals surface area contributed by atoms with E-state index in [0.717, 1.165) is 0 Å².